The van der Waals surface area contributed by atoms with Gasteiger partial charge in [0.25, 0.3) is 5.91 Å². The number of nitrogens with one attached hydrogen (secondary N) is 1. The van der Waals surface area contributed by atoms with Gasteiger partial charge >= 0.3 is 0 Å². The van der Waals surface area contributed by atoms with Gasteiger partial charge in [0.05, 0.1) is 11.4 Å². The summed E-state index contributed by atoms with van der Waals surface area (Å²) in [5.74, 6) is 0.181. The zero-order valence-corrected chi connectivity index (χ0v) is 20.2. The Hall–Kier alpha value is -3.67. The van der Waals surface area contributed by atoms with Crippen LogP contribution in [0.4, 0.5) is 0 Å². The molecule has 176 valence electrons. The van der Waals surface area contributed by atoms with E-state index in [9.17, 15) is 18.5 Å². The summed E-state index contributed by atoms with van der Waals surface area (Å²) in [6.07, 6.45) is 1.34. The third-order valence-corrected chi connectivity index (χ3v) is 6.75. The first kappa shape index (κ1) is 25.0. The van der Waals surface area contributed by atoms with Crippen LogP contribution in [0.3, 0.4) is 0 Å². The Labute approximate surface area is 200 Å². The fourth-order valence-electron chi connectivity index (χ4n) is 3.23. The van der Waals surface area contributed by atoms with Crippen LogP contribution in [0.15, 0.2) is 81.6 Å². The Morgan fingerprint density at radius 3 is 2.35 bits per heavy atom. The summed E-state index contributed by atoms with van der Waals surface area (Å²) in [6, 6.07) is 21.0. The third-order valence-electron chi connectivity index (χ3n) is 4.95. The van der Waals surface area contributed by atoms with E-state index in [0.717, 1.165) is 11.1 Å². The number of carbonyl (C=O) groups excluding carboxylic acids is 1. The number of amides is 1. The van der Waals surface area contributed by atoms with Crippen molar-refractivity contribution in [3.05, 3.63) is 95.0 Å². The van der Waals surface area contributed by atoms with Crippen LogP contribution < -0.4 is 5.32 Å². The molecule has 3 aromatic rings. The van der Waals surface area contributed by atoms with Crippen molar-refractivity contribution in [3.8, 4) is 6.07 Å². The molecule has 0 saturated heterocycles. The first-order valence-corrected chi connectivity index (χ1v) is 12.2. The molecule has 1 amide bonds. The third kappa shape index (κ3) is 6.44. The molecule has 0 aliphatic heterocycles. The average molecular weight is 478 g/mol. The Balaban J connectivity index is 1.89. The second-order valence-electron chi connectivity index (χ2n) is 8.17. The lowest BCUT2D eigenvalue weighted by atomic mass is 10.2. The second-order valence-corrected chi connectivity index (χ2v) is 10.1. The molecule has 0 fully saturated rings. The van der Waals surface area contributed by atoms with E-state index in [-0.39, 0.29) is 35.4 Å². The molecule has 1 N–H and O–H groups in total. The number of hydrogen-bond acceptors (Lipinski definition) is 5. The van der Waals surface area contributed by atoms with E-state index in [1.807, 2.05) is 43.3 Å². The molecular weight excluding hydrogens is 450 g/mol. The molecule has 7 nitrogen and oxygen atoms in total. The monoisotopic (exact) mass is 477 g/mol. The molecule has 2 aromatic carbocycles. The maximum atomic E-state index is 13.5. The fourth-order valence-corrected chi connectivity index (χ4v) is 4.63. The van der Waals surface area contributed by atoms with Crippen molar-refractivity contribution >= 4 is 22.0 Å². The molecule has 0 radical (unpaired) electrons. The van der Waals surface area contributed by atoms with E-state index in [2.05, 4.69) is 5.32 Å². The first-order valence-electron chi connectivity index (χ1n) is 10.8. The molecule has 34 heavy (non-hydrogen) atoms. The van der Waals surface area contributed by atoms with E-state index in [4.69, 9.17) is 4.42 Å². The van der Waals surface area contributed by atoms with Gasteiger partial charge in [-0.15, -0.1) is 0 Å². The molecule has 8 heteroatoms. The Kier molecular flexibility index (Phi) is 8.05. The number of nitrogens with zero attached hydrogens (tertiary/aromatic N) is 2. The van der Waals surface area contributed by atoms with E-state index in [1.165, 1.54) is 10.4 Å². The molecular formula is C26H27N3O4S. The van der Waals surface area contributed by atoms with E-state index >= 15 is 0 Å². The van der Waals surface area contributed by atoms with Gasteiger partial charge in [0.15, 0.2) is 0 Å². The van der Waals surface area contributed by atoms with Crippen molar-refractivity contribution < 1.29 is 17.6 Å². The number of nitriles is 1. The van der Waals surface area contributed by atoms with Gasteiger partial charge in [-0.2, -0.15) is 9.57 Å². The topological polar surface area (TPSA) is 103 Å². The van der Waals surface area contributed by atoms with Crippen LogP contribution in [-0.2, 0) is 27.9 Å². The predicted octanol–water partition coefficient (Wildman–Crippen LogP) is 4.41. The van der Waals surface area contributed by atoms with Gasteiger partial charge in [-0.25, -0.2) is 8.42 Å². The zero-order valence-electron chi connectivity index (χ0n) is 19.4. The van der Waals surface area contributed by atoms with Gasteiger partial charge in [-0.05, 0) is 50.6 Å². The average Bonchev–Trinajstić information content (AvgIpc) is 3.24. The highest BCUT2D eigenvalue weighted by Crippen LogP contribution is 2.23. The minimum absolute atomic E-state index is 0.0149. The molecule has 0 saturated carbocycles. The second kappa shape index (κ2) is 11.0. The molecule has 0 spiro atoms. The van der Waals surface area contributed by atoms with E-state index in [1.54, 1.807) is 50.2 Å². The maximum absolute atomic E-state index is 13.5. The largest absolute Gasteiger partial charge is 0.460 e. The smallest absolute Gasteiger partial charge is 0.262 e. The summed E-state index contributed by atoms with van der Waals surface area (Å²) in [5.41, 5.74) is 1.70. The summed E-state index contributed by atoms with van der Waals surface area (Å²) in [7, 11) is -3.82. The Morgan fingerprint density at radius 2 is 1.74 bits per heavy atom. The number of sulfonamides is 1. The lowest BCUT2D eigenvalue weighted by Gasteiger charge is -2.21. The number of rotatable bonds is 9. The zero-order chi connectivity index (χ0) is 24.7. The van der Waals surface area contributed by atoms with Gasteiger partial charge in [0.2, 0.25) is 10.0 Å². The van der Waals surface area contributed by atoms with Gasteiger partial charge in [0.1, 0.15) is 23.2 Å². The van der Waals surface area contributed by atoms with E-state index in [0.29, 0.717) is 5.76 Å². The summed E-state index contributed by atoms with van der Waals surface area (Å²) in [6.45, 7) is 5.64. The quantitative estimate of drug-likeness (QED) is 0.363. The molecule has 0 bridgehead atoms. The minimum Gasteiger partial charge on any atom is -0.460 e. The standard InChI is InChI=1S/C26H27N3O4S/c1-19(2)28-26(30)22(16-27)15-23-11-12-24(33-23)18-29(17-21-7-5-4-6-8-21)34(31,32)25-13-9-20(3)10-14-25/h4-15,19H,17-18H2,1-3H3,(H,28,30)/b22-15-. The van der Waals surface area contributed by atoms with Gasteiger partial charge in [-0.1, -0.05) is 48.0 Å². The van der Waals surface area contributed by atoms with Crippen LogP contribution in [-0.4, -0.2) is 24.7 Å². The molecule has 3 rings (SSSR count). The highest BCUT2D eigenvalue weighted by atomic mass is 32.2. The minimum atomic E-state index is -3.82. The summed E-state index contributed by atoms with van der Waals surface area (Å²) in [4.78, 5) is 12.4. The summed E-state index contributed by atoms with van der Waals surface area (Å²) in [5, 5.41) is 12.0. The molecule has 0 unspecified atom stereocenters. The SMILES string of the molecule is Cc1ccc(S(=O)(=O)N(Cc2ccccc2)Cc2ccc(/C=C(/C#N)C(=O)NC(C)C)o2)cc1. The maximum Gasteiger partial charge on any atom is 0.262 e. The van der Waals surface area contributed by atoms with Gasteiger partial charge < -0.3 is 9.73 Å². The van der Waals surface area contributed by atoms with Crippen LogP contribution in [0.25, 0.3) is 6.08 Å². The van der Waals surface area contributed by atoms with Crippen molar-refractivity contribution in [3.63, 3.8) is 0 Å². The Bertz CT molecular complexity index is 1300. The van der Waals surface area contributed by atoms with Crippen molar-refractivity contribution in [1.82, 2.24) is 9.62 Å². The molecule has 0 aliphatic rings. The van der Waals surface area contributed by atoms with Crippen molar-refractivity contribution in [1.29, 1.82) is 5.26 Å². The summed E-state index contributed by atoms with van der Waals surface area (Å²) < 4.78 is 34.0. The lowest BCUT2D eigenvalue weighted by Crippen LogP contribution is -2.30. The number of carbonyl (C=O) groups is 1. The van der Waals surface area contributed by atoms with Crippen molar-refractivity contribution in [2.45, 2.75) is 44.8 Å². The highest BCUT2D eigenvalue weighted by Gasteiger charge is 2.26. The molecule has 1 aromatic heterocycles. The number of aryl methyl sites for hydroxylation is 1. The lowest BCUT2D eigenvalue weighted by molar-refractivity contribution is -0.117. The molecule has 0 atom stereocenters. The molecule has 0 aliphatic carbocycles. The fraction of sp³-hybridized carbons (Fsp3) is 0.231. The number of benzene rings is 2. The highest BCUT2D eigenvalue weighted by molar-refractivity contribution is 7.89. The van der Waals surface area contributed by atoms with Crippen LogP contribution >= 0.6 is 0 Å². The van der Waals surface area contributed by atoms with E-state index < -0.39 is 15.9 Å². The summed E-state index contributed by atoms with van der Waals surface area (Å²) >= 11 is 0. The predicted molar refractivity (Wildman–Crippen MR) is 130 cm³/mol. The first-order chi connectivity index (χ1) is 16.2. The van der Waals surface area contributed by atoms with Crippen molar-refractivity contribution in [2.24, 2.45) is 0 Å². The van der Waals surface area contributed by atoms with Gasteiger partial charge in [0, 0.05) is 18.7 Å². The van der Waals surface area contributed by atoms with Crippen molar-refractivity contribution in [2.75, 3.05) is 0 Å². The van der Waals surface area contributed by atoms with Gasteiger partial charge in [-0.3, -0.25) is 4.79 Å². The van der Waals surface area contributed by atoms with Crippen LogP contribution in [0.1, 0.15) is 36.5 Å². The van der Waals surface area contributed by atoms with Crippen LogP contribution in [0.5, 0.6) is 0 Å². The van der Waals surface area contributed by atoms with Crippen LogP contribution in [0, 0.1) is 18.3 Å². The Morgan fingerprint density at radius 1 is 1.06 bits per heavy atom. The van der Waals surface area contributed by atoms with Crippen LogP contribution in [0.2, 0.25) is 0 Å². The number of furan rings is 1. The molecule has 1 heterocycles. The number of hydrogen-bond donors (Lipinski definition) is 1. The normalized spacial score (nSPS) is 12.1.